The third-order valence-electron chi connectivity index (χ3n) is 13.2. The van der Waals surface area contributed by atoms with E-state index < -0.39 is 7.92 Å². The summed E-state index contributed by atoms with van der Waals surface area (Å²) < 4.78 is 0. The van der Waals surface area contributed by atoms with Crippen LogP contribution in [0.5, 0.6) is 0 Å². The van der Waals surface area contributed by atoms with E-state index in [9.17, 15) is 0 Å². The molecule has 0 radical (unpaired) electrons. The normalized spacial score (nSPS) is 12.2. The van der Waals surface area contributed by atoms with E-state index in [1.807, 2.05) is 0 Å². The summed E-state index contributed by atoms with van der Waals surface area (Å²) in [6.45, 7) is 50.4. The minimum Gasteiger partial charge on any atom is -0.0629 e. The van der Waals surface area contributed by atoms with Crippen LogP contribution in [0.3, 0.4) is 0 Å². The lowest BCUT2D eigenvalue weighted by molar-refractivity contribution is 0.811. The summed E-state index contributed by atoms with van der Waals surface area (Å²) in [5.41, 5.74) is 26.0. The average Bonchev–Trinajstić information content (AvgIpc) is 3.11. The largest absolute Gasteiger partial charge is 0.243 e. The van der Waals surface area contributed by atoms with Gasteiger partial charge in [-0.25, -0.2) is 0 Å². The predicted octanol–water partition coefficient (Wildman–Crippen LogP) is 13.5. The fourth-order valence-corrected chi connectivity index (χ4v) is 14.3. The Morgan fingerprint density at radius 1 is 0.322 bits per heavy atom. The molecule has 0 aliphatic rings. The molecular formula is C57H78BP. The van der Waals surface area contributed by atoms with Gasteiger partial charge in [-0.3, -0.25) is 0 Å². The predicted molar refractivity (Wildman–Crippen MR) is 270 cm³/mol. The molecule has 0 unspecified atom stereocenters. The van der Waals surface area contributed by atoms with Crippen LogP contribution in [0.15, 0.2) is 54.6 Å². The van der Waals surface area contributed by atoms with Gasteiger partial charge in [-0.2, -0.15) is 0 Å². The van der Waals surface area contributed by atoms with Gasteiger partial charge in [-0.05, 0) is 166 Å². The first-order valence-corrected chi connectivity index (χ1v) is 24.2. The van der Waals surface area contributed by atoms with Crippen molar-refractivity contribution in [1.82, 2.24) is 0 Å². The molecule has 0 spiro atoms. The average molecular weight is 805 g/mol. The highest BCUT2D eigenvalue weighted by Crippen LogP contribution is 2.46. The van der Waals surface area contributed by atoms with E-state index >= 15 is 0 Å². The van der Waals surface area contributed by atoms with Crippen LogP contribution >= 0.6 is 7.92 Å². The van der Waals surface area contributed by atoms with Crippen molar-refractivity contribution in [2.75, 3.05) is 0 Å². The van der Waals surface area contributed by atoms with E-state index in [1.54, 1.807) is 15.9 Å². The second-order valence-corrected chi connectivity index (χ2v) is 22.3. The van der Waals surface area contributed by atoms with Crippen LogP contribution in [0.4, 0.5) is 0 Å². The molecule has 0 fully saturated rings. The fourth-order valence-electron chi connectivity index (χ4n) is 10.4. The molecule has 5 aromatic rings. The van der Waals surface area contributed by atoms with Gasteiger partial charge < -0.3 is 0 Å². The van der Waals surface area contributed by atoms with Gasteiger partial charge in [0.25, 0.3) is 0 Å². The second-order valence-electron chi connectivity index (χ2n) is 20.3. The van der Waals surface area contributed by atoms with Crippen LogP contribution in [0, 0.1) is 62.3 Å². The molecule has 0 bridgehead atoms. The first kappa shape index (κ1) is 46.7. The van der Waals surface area contributed by atoms with Crippen LogP contribution < -0.4 is 32.3 Å². The van der Waals surface area contributed by atoms with Gasteiger partial charge in [0.1, 0.15) is 0 Å². The topological polar surface area (TPSA) is 0 Å². The Morgan fingerprint density at radius 3 is 0.881 bits per heavy atom. The Balaban J connectivity index is 2.12. The molecule has 0 heterocycles. The molecule has 0 atom stereocenters. The van der Waals surface area contributed by atoms with E-state index in [1.165, 1.54) is 99.8 Å². The number of hydrogen-bond donors (Lipinski definition) is 0. The van der Waals surface area contributed by atoms with Crippen molar-refractivity contribution < 1.29 is 0 Å². The summed E-state index contributed by atoms with van der Waals surface area (Å²) in [4.78, 5) is 0. The Hall–Kier alpha value is -3.41. The minimum absolute atomic E-state index is 0.113. The zero-order valence-electron chi connectivity index (χ0n) is 41.2. The van der Waals surface area contributed by atoms with E-state index in [4.69, 9.17) is 0 Å². The van der Waals surface area contributed by atoms with Crippen LogP contribution in [0.1, 0.15) is 202 Å². The van der Waals surface area contributed by atoms with Gasteiger partial charge in [-0.1, -0.05) is 193 Å². The van der Waals surface area contributed by atoms with Crippen LogP contribution in [-0.4, -0.2) is 6.71 Å². The Labute approximate surface area is 364 Å². The summed E-state index contributed by atoms with van der Waals surface area (Å²) in [5, 5.41) is 4.79. The smallest absolute Gasteiger partial charge is 0.0629 e. The van der Waals surface area contributed by atoms with Gasteiger partial charge in [0, 0.05) is 0 Å². The maximum Gasteiger partial charge on any atom is 0.243 e. The highest BCUT2D eigenvalue weighted by molar-refractivity contribution is 7.80. The standard InChI is InChI=1S/C57H78BP/c1-31(2)46-27-48(33(5)6)56(49(28-46)34(7)8)59(57-50(35(9)10)29-47(32(3)4)30-51(57)36(11)12)55-44(20)26-43(19)54(45(55)21)58(52-39(15)22-37(13)23-40(52)16)53-41(17)24-38(14)25-42(53)18/h22-36H,1-21H3. The van der Waals surface area contributed by atoms with Crippen LogP contribution in [0.25, 0.3) is 0 Å². The minimum atomic E-state index is -0.996. The number of benzene rings is 5. The summed E-state index contributed by atoms with van der Waals surface area (Å²) >= 11 is 0. The Morgan fingerprint density at radius 2 is 0.610 bits per heavy atom. The molecule has 0 aliphatic heterocycles. The van der Waals surface area contributed by atoms with Crippen molar-refractivity contribution in [3.8, 4) is 0 Å². The van der Waals surface area contributed by atoms with E-state index in [0.717, 1.165) is 0 Å². The summed E-state index contributed by atoms with van der Waals surface area (Å²) in [7, 11) is -0.996. The zero-order valence-corrected chi connectivity index (χ0v) is 42.1. The summed E-state index contributed by atoms with van der Waals surface area (Å²) in [6, 6.07) is 22.7. The van der Waals surface area contributed by atoms with Crippen LogP contribution in [-0.2, 0) is 0 Å². The van der Waals surface area contributed by atoms with E-state index in [2.05, 4.69) is 200 Å². The Kier molecular flexibility index (Phi) is 14.5. The number of aryl methyl sites for hydroxylation is 8. The summed E-state index contributed by atoms with van der Waals surface area (Å²) in [5.74, 6) is 2.48. The SMILES string of the molecule is Cc1cc(C)c(B(c2c(C)cc(C)cc2C)c2c(C)cc(C)c(P(c3c(C(C)C)cc(C(C)C)cc3C(C)C)c3c(C(C)C)cc(C(C)C)cc3C(C)C)c2C)c(C)c1. The zero-order chi connectivity index (χ0) is 44.1. The molecule has 0 aliphatic carbocycles. The number of rotatable bonds is 12. The van der Waals surface area contributed by atoms with Gasteiger partial charge in [0.2, 0.25) is 6.71 Å². The molecule has 5 rings (SSSR count). The first-order valence-electron chi connectivity index (χ1n) is 22.9. The molecule has 2 heteroatoms. The third kappa shape index (κ3) is 9.13. The van der Waals surface area contributed by atoms with Gasteiger partial charge in [-0.15, -0.1) is 0 Å². The van der Waals surface area contributed by atoms with Crippen molar-refractivity contribution in [3.63, 3.8) is 0 Å². The molecule has 0 N–H and O–H groups in total. The third-order valence-corrected chi connectivity index (χ3v) is 16.3. The molecular weight excluding hydrogens is 726 g/mol. The molecule has 0 amide bonds. The highest BCUT2D eigenvalue weighted by Gasteiger charge is 2.37. The molecule has 59 heavy (non-hydrogen) atoms. The van der Waals surface area contributed by atoms with E-state index in [-0.39, 0.29) is 6.71 Å². The fraction of sp³-hybridized carbons (Fsp3) is 0.474. The van der Waals surface area contributed by atoms with Gasteiger partial charge >= 0.3 is 0 Å². The van der Waals surface area contributed by atoms with E-state index in [0.29, 0.717) is 35.5 Å². The lowest BCUT2D eigenvalue weighted by atomic mass is 9.33. The lowest BCUT2D eigenvalue weighted by Crippen LogP contribution is -2.58. The van der Waals surface area contributed by atoms with Crippen molar-refractivity contribution in [2.24, 2.45) is 0 Å². The molecule has 0 saturated carbocycles. The maximum absolute atomic E-state index is 2.61. The highest BCUT2D eigenvalue weighted by atomic mass is 31.1. The van der Waals surface area contributed by atoms with Crippen molar-refractivity contribution in [2.45, 2.75) is 181 Å². The first-order chi connectivity index (χ1) is 27.5. The van der Waals surface area contributed by atoms with Crippen molar-refractivity contribution in [1.29, 1.82) is 0 Å². The van der Waals surface area contributed by atoms with Crippen LogP contribution in [0.2, 0.25) is 0 Å². The lowest BCUT2D eigenvalue weighted by Gasteiger charge is -2.37. The second kappa shape index (κ2) is 18.3. The molecule has 0 nitrogen and oxygen atoms in total. The summed E-state index contributed by atoms with van der Waals surface area (Å²) in [6.07, 6.45) is 0. The maximum atomic E-state index is 2.61. The Bertz CT molecular complexity index is 2110. The monoisotopic (exact) mass is 805 g/mol. The van der Waals surface area contributed by atoms with Gasteiger partial charge in [0.15, 0.2) is 0 Å². The van der Waals surface area contributed by atoms with Crippen molar-refractivity contribution >= 4 is 46.9 Å². The molecule has 314 valence electrons. The number of hydrogen-bond acceptors (Lipinski definition) is 0. The van der Waals surface area contributed by atoms with Crippen molar-refractivity contribution in [3.05, 3.63) is 138 Å². The molecule has 5 aromatic carbocycles. The van der Waals surface area contributed by atoms with Gasteiger partial charge in [0.05, 0.1) is 0 Å². The quantitative estimate of drug-likeness (QED) is 0.0870. The molecule has 0 aromatic heterocycles. The molecule has 0 saturated heterocycles.